The van der Waals surface area contributed by atoms with Crippen LogP contribution in [0.3, 0.4) is 0 Å². The second-order valence-corrected chi connectivity index (χ2v) is 6.82. The molecule has 2 aliphatic rings. The van der Waals surface area contributed by atoms with E-state index in [0.29, 0.717) is 11.5 Å². The molecule has 0 aliphatic carbocycles. The van der Waals surface area contributed by atoms with Crippen molar-refractivity contribution in [2.24, 2.45) is 5.41 Å². The van der Waals surface area contributed by atoms with Gasteiger partial charge in [-0.1, -0.05) is 31.5 Å². The van der Waals surface area contributed by atoms with E-state index in [1.54, 1.807) is 5.56 Å². The Labute approximate surface area is 123 Å². The van der Waals surface area contributed by atoms with Gasteiger partial charge in [-0.2, -0.15) is 0 Å². The van der Waals surface area contributed by atoms with Gasteiger partial charge in [0.1, 0.15) is 0 Å². The molecule has 1 fully saturated rings. The molecule has 1 N–H and O–H groups in total. The minimum absolute atomic E-state index is 0.494. The molecule has 0 saturated carbocycles. The minimum atomic E-state index is 0.494. The first-order chi connectivity index (χ1) is 9.74. The summed E-state index contributed by atoms with van der Waals surface area (Å²) >= 11 is 0. The third-order valence-corrected chi connectivity index (χ3v) is 5.28. The van der Waals surface area contributed by atoms with E-state index in [1.807, 2.05) is 0 Å². The summed E-state index contributed by atoms with van der Waals surface area (Å²) in [5.41, 5.74) is 3.53. The van der Waals surface area contributed by atoms with E-state index in [-0.39, 0.29) is 0 Å². The highest BCUT2D eigenvalue weighted by atomic mass is 15.2. The first-order valence-corrected chi connectivity index (χ1v) is 8.29. The number of hydrogen-bond donors (Lipinski definition) is 1. The summed E-state index contributed by atoms with van der Waals surface area (Å²) in [5.74, 6) is 0. The van der Waals surface area contributed by atoms with Gasteiger partial charge in [0.2, 0.25) is 0 Å². The summed E-state index contributed by atoms with van der Waals surface area (Å²) in [5, 5.41) is 3.60. The molecule has 1 aromatic rings. The Balaban J connectivity index is 1.85. The number of rotatable bonds is 4. The summed E-state index contributed by atoms with van der Waals surface area (Å²) in [6.45, 7) is 8.35. The quantitative estimate of drug-likeness (QED) is 0.901. The molecule has 2 heterocycles. The predicted molar refractivity (Wildman–Crippen MR) is 86.4 cm³/mol. The maximum absolute atomic E-state index is 3.60. The summed E-state index contributed by atoms with van der Waals surface area (Å²) < 4.78 is 0. The fraction of sp³-hybridized carbons (Fsp3) is 0.667. The van der Waals surface area contributed by atoms with Gasteiger partial charge in [0.05, 0.1) is 0 Å². The number of nitrogens with zero attached hydrogens (tertiary/aromatic N) is 1. The normalized spacial score (nSPS) is 29.5. The molecule has 2 nitrogen and oxygen atoms in total. The highest BCUT2D eigenvalue weighted by Crippen LogP contribution is 2.38. The zero-order valence-electron chi connectivity index (χ0n) is 13.0. The fourth-order valence-corrected chi connectivity index (χ4v) is 4.12. The van der Waals surface area contributed by atoms with Crippen LogP contribution in [0.1, 0.15) is 45.1 Å². The predicted octanol–water partition coefficient (Wildman–Crippen LogP) is 3.61. The highest BCUT2D eigenvalue weighted by molar-refractivity contribution is 5.56. The van der Waals surface area contributed by atoms with Gasteiger partial charge in [-0.15, -0.1) is 0 Å². The van der Waals surface area contributed by atoms with Crippen LogP contribution in [-0.4, -0.2) is 25.7 Å². The van der Waals surface area contributed by atoms with Crippen LogP contribution >= 0.6 is 0 Å². The van der Waals surface area contributed by atoms with E-state index in [0.717, 1.165) is 0 Å². The third-order valence-electron chi connectivity index (χ3n) is 5.28. The number of fused-ring (bicyclic) bond motifs is 1. The molecule has 0 radical (unpaired) electrons. The standard InChI is InChI=1S/C18H28N2/c1-3-10-18(11-12-19-13-18)14-20-15(2)8-9-16-6-4-5-7-17(16)20/h4-7,15,19H,3,8-14H2,1-2H3. The van der Waals surface area contributed by atoms with Crippen molar-refractivity contribution in [1.82, 2.24) is 5.32 Å². The van der Waals surface area contributed by atoms with Crippen molar-refractivity contribution < 1.29 is 0 Å². The second kappa shape index (κ2) is 5.77. The van der Waals surface area contributed by atoms with Gasteiger partial charge >= 0.3 is 0 Å². The molecule has 110 valence electrons. The molecule has 2 heteroatoms. The molecule has 1 aromatic carbocycles. The Morgan fingerprint density at radius 1 is 1.35 bits per heavy atom. The van der Waals surface area contributed by atoms with Gasteiger partial charge in [0.25, 0.3) is 0 Å². The van der Waals surface area contributed by atoms with Gasteiger partial charge in [0.15, 0.2) is 0 Å². The summed E-state index contributed by atoms with van der Waals surface area (Å²) in [6, 6.07) is 9.70. The molecule has 0 aromatic heterocycles. The number of nitrogens with one attached hydrogen (secondary N) is 1. The molecule has 0 bridgehead atoms. The van der Waals surface area contributed by atoms with Crippen molar-refractivity contribution in [2.75, 3.05) is 24.5 Å². The van der Waals surface area contributed by atoms with Crippen LogP contribution in [0.5, 0.6) is 0 Å². The summed E-state index contributed by atoms with van der Waals surface area (Å²) in [4.78, 5) is 2.70. The van der Waals surface area contributed by atoms with E-state index in [1.165, 1.54) is 57.4 Å². The second-order valence-electron chi connectivity index (χ2n) is 6.82. The highest BCUT2D eigenvalue weighted by Gasteiger charge is 2.37. The molecule has 0 amide bonds. The number of aryl methyl sites for hydroxylation is 1. The lowest BCUT2D eigenvalue weighted by Crippen LogP contribution is -2.46. The average Bonchev–Trinajstić information content (AvgIpc) is 2.91. The SMILES string of the molecule is CCCC1(CN2c3ccccc3CCC2C)CCNC1. The topological polar surface area (TPSA) is 15.3 Å². The molecular formula is C18H28N2. The molecule has 20 heavy (non-hydrogen) atoms. The third kappa shape index (κ3) is 2.58. The van der Waals surface area contributed by atoms with Crippen LogP contribution in [0.2, 0.25) is 0 Å². The maximum Gasteiger partial charge on any atom is 0.0401 e. The van der Waals surface area contributed by atoms with Crippen molar-refractivity contribution in [2.45, 2.75) is 52.0 Å². The molecule has 2 unspecified atom stereocenters. The molecule has 0 spiro atoms. The zero-order valence-corrected chi connectivity index (χ0v) is 13.0. The van der Waals surface area contributed by atoms with Crippen LogP contribution in [0.15, 0.2) is 24.3 Å². The van der Waals surface area contributed by atoms with Gasteiger partial charge < -0.3 is 10.2 Å². The lowest BCUT2D eigenvalue weighted by atomic mass is 9.80. The van der Waals surface area contributed by atoms with Gasteiger partial charge in [0, 0.05) is 30.2 Å². The number of benzene rings is 1. The maximum atomic E-state index is 3.60. The lowest BCUT2D eigenvalue weighted by Gasteiger charge is -2.43. The summed E-state index contributed by atoms with van der Waals surface area (Å²) in [6.07, 6.45) is 6.53. The molecule has 2 aliphatic heterocycles. The van der Waals surface area contributed by atoms with E-state index in [4.69, 9.17) is 0 Å². The van der Waals surface area contributed by atoms with Crippen LogP contribution < -0.4 is 10.2 Å². The first-order valence-electron chi connectivity index (χ1n) is 8.29. The fourth-order valence-electron chi connectivity index (χ4n) is 4.12. The van der Waals surface area contributed by atoms with Crippen molar-refractivity contribution in [1.29, 1.82) is 0 Å². The lowest BCUT2D eigenvalue weighted by molar-refractivity contribution is 0.284. The van der Waals surface area contributed by atoms with Crippen LogP contribution in [0.25, 0.3) is 0 Å². The van der Waals surface area contributed by atoms with Crippen LogP contribution in [0.4, 0.5) is 5.69 Å². The monoisotopic (exact) mass is 272 g/mol. The van der Waals surface area contributed by atoms with E-state index >= 15 is 0 Å². The largest absolute Gasteiger partial charge is 0.368 e. The number of para-hydroxylation sites is 1. The Morgan fingerprint density at radius 3 is 2.95 bits per heavy atom. The molecule has 3 rings (SSSR count). The van der Waals surface area contributed by atoms with Gasteiger partial charge in [-0.3, -0.25) is 0 Å². The van der Waals surface area contributed by atoms with Crippen molar-refractivity contribution >= 4 is 5.69 Å². The van der Waals surface area contributed by atoms with Crippen molar-refractivity contribution in [3.05, 3.63) is 29.8 Å². The van der Waals surface area contributed by atoms with Crippen molar-refractivity contribution in [3.63, 3.8) is 0 Å². The van der Waals surface area contributed by atoms with E-state index in [9.17, 15) is 0 Å². The number of anilines is 1. The average molecular weight is 272 g/mol. The van der Waals surface area contributed by atoms with Gasteiger partial charge in [-0.05, 0) is 50.8 Å². The Morgan fingerprint density at radius 2 is 2.20 bits per heavy atom. The van der Waals surface area contributed by atoms with Gasteiger partial charge in [-0.25, -0.2) is 0 Å². The number of hydrogen-bond acceptors (Lipinski definition) is 2. The molecule has 1 saturated heterocycles. The summed E-state index contributed by atoms with van der Waals surface area (Å²) in [7, 11) is 0. The Kier molecular flexibility index (Phi) is 4.02. The Bertz CT molecular complexity index is 448. The minimum Gasteiger partial charge on any atom is -0.368 e. The van der Waals surface area contributed by atoms with E-state index in [2.05, 4.69) is 48.3 Å². The molecular weight excluding hydrogens is 244 g/mol. The Hall–Kier alpha value is -1.02. The zero-order chi connectivity index (χ0) is 14.0. The van der Waals surface area contributed by atoms with E-state index < -0.39 is 0 Å². The smallest absolute Gasteiger partial charge is 0.0401 e. The van der Waals surface area contributed by atoms with Crippen molar-refractivity contribution in [3.8, 4) is 0 Å². The first kappa shape index (κ1) is 13.9. The van der Waals surface area contributed by atoms with Crippen LogP contribution in [0, 0.1) is 5.41 Å². The molecule has 2 atom stereocenters. The van der Waals surface area contributed by atoms with Crippen LogP contribution in [-0.2, 0) is 6.42 Å².